The lowest BCUT2D eigenvalue weighted by atomic mass is 9.90. The normalized spacial score (nSPS) is 22.4. The number of fused-ring (bicyclic) bond motifs is 1. The number of anilines is 2. The van der Waals surface area contributed by atoms with E-state index in [-0.39, 0.29) is 5.91 Å². The predicted octanol–water partition coefficient (Wildman–Crippen LogP) is 5.16. The predicted molar refractivity (Wildman–Crippen MR) is 125 cm³/mol. The van der Waals surface area contributed by atoms with E-state index in [0.717, 1.165) is 20.6 Å². The van der Waals surface area contributed by atoms with E-state index < -0.39 is 24.0 Å². The molecule has 0 spiro atoms. The van der Waals surface area contributed by atoms with Gasteiger partial charge in [-0.2, -0.15) is 0 Å². The number of carbonyl (C=O) groups is 2. The highest BCUT2D eigenvalue weighted by Gasteiger charge is 2.60. The maximum Gasteiger partial charge on any atom is 0.266 e. The van der Waals surface area contributed by atoms with Gasteiger partial charge < -0.3 is 4.74 Å². The Morgan fingerprint density at radius 3 is 2.38 bits per heavy atom. The minimum atomic E-state index is -0.954. The van der Waals surface area contributed by atoms with Gasteiger partial charge in [0.2, 0.25) is 5.91 Å². The van der Waals surface area contributed by atoms with Gasteiger partial charge in [0.05, 0.1) is 34.0 Å². The molecule has 2 aliphatic heterocycles. The molecule has 0 unspecified atom stereocenters. The van der Waals surface area contributed by atoms with Gasteiger partial charge in [-0.1, -0.05) is 48.0 Å². The average Bonchev–Trinajstić information content (AvgIpc) is 3.31. The summed E-state index contributed by atoms with van der Waals surface area (Å²) >= 11 is 9.83. The lowest BCUT2D eigenvalue weighted by Gasteiger charge is -2.29. The molecule has 0 N–H and O–H groups in total. The standard InChI is InChI=1S/C24H18BrClN2O4/c1-31-19-12-11-14(13-16(19)25)21-20-22(32-28(21)15-7-3-2-4-8-15)24(30)27(23(20)29)18-10-6-5-9-17(18)26/h2-13,20-22H,1H3/t20-,21+,22-/m1/s1. The number of amides is 2. The first-order chi connectivity index (χ1) is 15.5. The van der Waals surface area contributed by atoms with Crippen molar-refractivity contribution < 1.29 is 19.2 Å². The third-order valence-electron chi connectivity index (χ3n) is 5.74. The largest absolute Gasteiger partial charge is 0.496 e. The molecule has 0 aromatic heterocycles. The van der Waals surface area contributed by atoms with Crippen LogP contribution in [0.15, 0.2) is 77.3 Å². The monoisotopic (exact) mass is 512 g/mol. The molecule has 3 aromatic carbocycles. The topological polar surface area (TPSA) is 59.1 Å². The number of halogens is 2. The van der Waals surface area contributed by atoms with E-state index in [4.69, 9.17) is 21.2 Å². The van der Waals surface area contributed by atoms with Crippen molar-refractivity contribution in [3.05, 3.63) is 87.9 Å². The van der Waals surface area contributed by atoms with Gasteiger partial charge in [-0.05, 0) is 57.9 Å². The van der Waals surface area contributed by atoms with Crippen LogP contribution in [0.5, 0.6) is 5.75 Å². The Hall–Kier alpha value is -2.87. The summed E-state index contributed by atoms with van der Waals surface area (Å²) in [5, 5.41) is 1.99. The van der Waals surface area contributed by atoms with E-state index >= 15 is 0 Å². The number of carbonyl (C=O) groups excluding carboxylic acids is 2. The van der Waals surface area contributed by atoms with Gasteiger partial charge in [-0.15, -0.1) is 0 Å². The summed E-state index contributed by atoms with van der Waals surface area (Å²) in [6.07, 6.45) is -0.954. The molecule has 32 heavy (non-hydrogen) atoms. The van der Waals surface area contributed by atoms with Crippen LogP contribution in [0.1, 0.15) is 11.6 Å². The van der Waals surface area contributed by atoms with Gasteiger partial charge in [0.1, 0.15) is 11.7 Å². The zero-order valence-electron chi connectivity index (χ0n) is 16.9. The van der Waals surface area contributed by atoms with E-state index in [9.17, 15) is 9.59 Å². The van der Waals surface area contributed by atoms with Crippen LogP contribution in [-0.2, 0) is 14.4 Å². The summed E-state index contributed by atoms with van der Waals surface area (Å²) in [6, 6.07) is 21.3. The molecule has 2 fully saturated rings. The van der Waals surface area contributed by atoms with Crippen molar-refractivity contribution in [3.8, 4) is 5.75 Å². The number of ether oxygens (including phenoxy) is 1. The number of hydrogen-bond donors (Lipinski definition) is 0. The fraction of sp³-hybridized carbons (Fsp3) is 0.167. The molecule has 3 aromatic rings. The third kappa shape index (κ3) is 3.28. The van der Waals surface area contributed by atoms with Crippen LogP contribution in [0.2, 0.25) is 5.02 Å². The molecule has 162 valence electrons. The maximum absolute atomic E-state index is 13.6. The summed E-state index contributed by atoms with van der Waals surface area (Å²) in [7, 11) is 1.59. The highest BCUT2D eigenvalue weighted by molar-refractivity contribution is 9.10. The number of imide groups is 1. The van der Waals surface area contributed by atoms with Crippen LogP contribution < -0.4 is 14.7 Å². The van der Waals surface area contributed by atoms with Crippen molar-refractivity contribution >= 4 is 50.7 Å². The lowest BCUT2D eigenvalue weighted by molar-refractivity contribution is -0.126. The molecule has 0 saturated carbocycles. The van der Waals surface area contributed by atoms with Crippen LogP contribution in [0.3, 0.4) is 0 Å². The Morgan fingerprint density at radius 2 is 1.69 bits per heavy atom. The van der Waals surface area contributed by atoms with E-state index in [2.05, 4.69) is 15.9 Å². The molecule has 6 nitrogen and oxygen atoms in total. The van der Waals surface area contributed by atoms with Crippen molar-refractivity contribution in [1.29, 1.82) is 0 Å². The first-order valence-electron chi connectivity index (χ1n) is 9.98. The molecule has 2 amide bonds. The summed E-state index contributed by atoms with van der Waals surface area (Å²) < 4.78 is 6.10. The second kappa shape index (κ2) is 8.24. The van der Waals surface area contributed by atoms with Crippen molar-refractivity contribution in [2.75, 3.05) is 17.1 Å². The first kappa shape index (κ1) is 21.0. The number of hydrogen-bond acceptors (Lipinski definition) is 5. The molecule has 0 bridgehead atoms. The molecular formula is C24H18BrClN2O4. The molecule has 2 aliphatic rings. The van der Waals surface area contributed by atoms with Gasteiger partial charge in [0.15, 0.2) is 6.10 Å². The Morgan fingerprint density at radius 1 is 0.969 bits per heavy atom. The molecule has 5 rings (SSSR count). The van der Waals surface area contributed by atoms with Crippen molar-refractivity contribution in [3.63, 3.8) is 0 Å². The highest BCUT2D eigenvalue weighted by atomic mass is 79.9. The van der Waals surface area contributed by atoms with Gasteiger partial charge >= 0.3 is 0 Å². The minimum Gasteiger partial charge on any atom is -0.496 e. The van der Waals surface area contributed by atoms with Crippen molar-refractivity contribution in [2.45, 2.75) is 12.1 Å². The number of methoxy groups -OCH3 is 1. The molecule has 0 aliphatic carbocycles. The smallest absolute Gasteiger partial charge is 0.266 e. The van der Waals surface area contributed by atoms with Crippen molar-refractivity contribution in [1.82, 2.24) is 0 Å². The van der Waals surface area contributed by atoms with E-state index in [0.29, 0.717) is 16.5 Å². The van der Waals surface area contributed by atoms with Gasteiger partial charge in [-0.3, -0.25) is 14.4 Å². The summed E-state index contributed by atoms with van der Waals surface area (Å²) in [5.41, 5.74) is 1.93. The fourth-order valence-electron chi connectivity index (χ4n) is 4.29. The van der Waals surface area contributed by atoms with Gasteiger partial charge in [0.25, 0.3) is 5.91 Å². The zero-order chi connectivity index (χ0) is 22.4. The Labute approximate surface area is 198 Å². The lowest BCUT2D eigenvalue weighted by Crippen LogP contribution is -2.37. The van der Waals surface area contributed by atoms with Crippen LogP contribution in [-0.4, -0.2) is 25.0 Å². The average molecular weight is 514 g/mol. The van der Waals surface area contributed by atoms with Crippen LogP contribution in [0.4, 0.5) is 11.4 Å². The second-order valence-electron chi connectivity index (χ2n) is 7.52. The molecule has 8 heteroatoms. The summed E-state index contributed by atoms with van der Waals surface area (Å²) in [4.78, 5) is 34.2. The first-order valence-corrected chi connectivity index (χ1v) is 11.1. The SMILES string of the molecule is COc1ccc([C@H]2[C@H]3C(=O)N(c4ccccc4Cl)C(=O)[C@@H]3ON2c2ccccc2)cc1Br. The molecule has 0 radical (unpaired) electrons. The number of benzene rings is 3. The molecular weight excluding hydrogens is 496 g/mol. The summed E-state index contributed by atoms with van der Waals surface area (Å²) in [6.45, 7) is 0. The summed E-state index contributed by atoms with van der Waals surface area (Å²) in [5.74, 6) is -0.839. The Bertz CT molecular complexity index is 1210. The van der Waals surface area contributed by atoms with Crippen molar-refractivity contribution in [2.24, 2.45) is 5.92 Å². The molecule has 2 heterocycles. The highest BCUT2D eigenvalue weighted by Crippen LogP contribution is 2.49. The second-order valence-corrected chi connectivity index (χ2v) is 8.78. The number of nitrogens with zero attached hydrogens (tertiary/aromatic N) is 2. The zero-order valence-corrected chi connectivity index (χ0v) is 19.3. The molecule has 2 saturated heterocycles. The van der Waals surface area contributed by atoms with E-state index in [1.807, 2.05) is 48.5 Å². The Kier molecular flexibility index (Phi) is 5.41. The molecule has 3 atom stereocenters. The van der Waals surface area contributed by atoms with Crippen LogP contribution >= 0.6 is 27.5 Å². The maximum atomic E-state index is 13.6. The van der Waals surface area contributed by atoms with Crippen LogP contribution in [0.25, 0.3) is 0 Å². The third-order valence-corrected chi connectivity index (χ3v) is 6.68. The van der Waals surface area contributed by atoms with E-state index in [1.54, 1.807) is 36.4 Å². The number of para-hydroxylation sites is 2. The van der Waals surface area contributed by atoms with Gasteiger partial charge in [0, 0.05) is 0 Å². The number of rotatable bonds is 4. The van der Waals surface area contributed by atoms with Crippen LogP contribution in [0, 0.1) is 5.92 Å². The number of hydroxylamine groups is 1. The Balaban J connectivity index is 1.61. The van der Waals surface area contributed by atoms with Gasteiger partial charge in [-0.25, -0.2) is 9.96 Å². The minimum absolute atomic E-state index is 0.331. The fourth-order valence-corrected chi connectivity index (χ4v) is 5.07. The quantitative estimate of drug-likeness (QED) is 0.451. The van der Waals surface area contributed by atoms with E-state index in [1.165, 1.54) is 0 Å².